The van der Waals surface area contributed by atoms with E-state index in [2.05, 4.69) is 20.4 Å². The number of hydrogen-bond acceptors (Lipinski definition) is 6. The van der Waals surface area contributed by atoms with Gasteiger partial charge in [-0.3, -0.25) is 14.2 Å². The van der Waals surface area contributed by atoms with E-state index in [0.29, 0.717) is 39.9 Å². The van der Waals surface area contributed by atoms with Crippen molar-refractivity contribution in [3.05, 3.63) is 81.4 Å². The Morgan fingerprint density at radius 3 is 2.79 bits per heavy atom. The Morgan fingerprint density at radius 2 is 2.00 bits per heavy atom. The minimum absolute atomic E-state index is 0.0720. The second-order valence-electron chi connectivity index (χ2n) is 7.90. The molecule has 0 aliphatic carbocycles. The van der Waals surface area contributed by atoms with Gasteiger partial charge in [-0.15, -0.1) is 0 Å². The fraction of sp³-hybridized carbons (Fsp3) is 0.208. The molecule has 0 fully saturated rings. The first-order chi connectivity index (χ1) is 16.5. The fourth-order valence-electron chi connectivity index (χ4n) is 3.95. The van der Waals surface area contributed by atoms with Crippen LogP contribution in [0.15, 0.2) is 58.1 Å². The Morgan fingerprint density at radius 1 is 1.18 bits per heavy atom. The number of nitrogens with zero attached hydrogens (tertiary/aromatic N) is 5. The molecule has 0 saturated carbocycles. The maximum atomic E-state index is 13.5. The number of nitrogens with one attached hydrogen (secondary N) is 1. The number of aromatic nitrogens is 5. The van der Waals surface area contributed by atoms with Crippen molar-refractivity contribution >= 4 is 45.1 Å². The van der Waals surface area contributed by atoms with Crippen LogP contribution in [0.3, 0.4) is 0 Å². The number of anilines is 1. The summed E-state index contributed by atoms with van der Waals surface area (Å²) in [7, 11) is 0. The molecular formula is C24H21ClN6O3. The summed E-state index contributed by atoms with van der Waals surface area (Å²) in [6, 6.07) is 12.8. The maximum absolute atomic E-state index is 13.5. The summed E-state index contributed by atoms with van der Waals surface area (Å²) < 4.78 is 8.34. The zero-order valence-electron chi connectivity index (χ0n) is 18.6. The van der Waals surface area contributed by atoms with Gasteiger partial charge < -0.3 is 14.4 Å². The molecule has 0 unspecified atom stereocenters. The van der Waals surface area contributed by atoms with Gasteiger partial charge in [0.15, 0.2) is 5.82 Å². The second-order valence-corrected chi connectivity index (χ2v) is 8.30. The number of para-hydroxylation sites is 1. The van der Waals surface area contributed by atoms with E-state index in [1.807, 2.05) is 38.1 Å². The predicted octanol–water partition coefficient (Wildman–Crippen LogP) is 3.95. The van der Waals surface area contributed by atoms with Crippen LogP contribution in [0.5, 0.6) is 0 Å². The number of aryl methyl sites for hydroxylation is 1. The van der Waals surface area contributed by atoms with Crippen molar-refractivity contribution in [3.63, 3.8) is 0 Å². The minimum Gasteiger partial charge on any atom is -0.337 e. The molecule has 10 heteroatoms. The monoisotopic (exact) mass is 476 g/mol. The lowest BCUT2D eigenvalue weighted by atomic mass is 10.2. The Hall–Kier alpha value is -3.98. The molecule has 0 aliphatic rings. The number of carbonyl (C=O) groups excluding carboxylic acids is 1. The highest BCUT2D eigenvalue weighted by Gasteiger charge is 2.19. The van der Waals surface area contributed by atoms with Gasteiger partial charge in [0.25, 0.3) is 5.56 Å². The molecule has 3 heterocycles. The van der Waals surface area contributed by atoms with Gasteiger partial charge in [0, 0.05) is 22.5 Å². The summed E-state index contributed by atoms with van der Waals surface area (Å²) in [5.41, 5.74) is 2.69. The van der Waals surface area contributed by atoms with Crippen LogP contribution in [0.4, 0.5) is 5.69 Å². The van der Waals surface area contributed by atoms with E-state index in [-0.39, 0.29) is 24.6 Å². The summed E-state index contributed by atoms with van der Waals surface area (Å²) in [5, 5.41) is 8.13. The Bertz CT molecular complexity index is 1600. The Kier molecular flexibility index (Phi) is 5.62. The summed E-state index contributed by atoms with van der Waals surface area (Å²) in [5.74, 6) is 0.600. The standard InChI is InChI=1S/C24H21ClN6O3/c1-3-19-28-21(34-29-19)12-30-13-26-22-15-7-4-5-10-18(15)31(23(22)24(30)33)11-20(32)27-17-9-6-8-16(25)14(17)2/h4-10,13H,3,11-12H2,1-2H3,(H,27,32). The van der Waals surface area contributed by atoms with Crippen molar-refractivity contribution in [2.45, 2.75) is 33.4 Å². The lowest BCUT2D eigenvalue weighted by Gasteiger charge is -2.11. The Balaban J connectivity index is 1.57. The number of amides is 1. The molecule has 0 atom stereocenters. The number of rotatable bonds is 6. The highest BCUT2D eigenvalue weighted by molar-refractivity contribution is 6.31. The van der Waals surface area contributed by atoms with Crippen molar-refractivity contribution in [1.82, 2.24) is 24.3 Å². The van der Waals surface area contributed by atoms with Gasteiger partial charge in [0.05, 0.1) is 11.8 Å². The molecule has 5 aromatic rings. The van der Waals surface area contributed by atoms with Gasteiger partial charge in [0.1, 0.15) is 24.1 Å². The van der Waals surface area contributed by atoms with E-state index in [1.54, 1.807) is 22.8 Å². The van der Waals surface area contributed by atoms with Gasteiger partial charge >= 0.3 is 0 Å². The fourth-order valence-corrected chi connectivity index (χ4v) is 4.12. The lowest BCUT2D eigenvalue weighted by Crippen LogP contribution is -2.25. The number of halogens is 1. The van der Waals surface area contributed by atoms with Crippen molar-refractivity contribution in [3.8, 4) is 0 Å². The zero-order valence-corrected chi connectivity index (χ0v) is 19.3. The summed E-state index contributed by atoms with van der Waals surface area (Å²) in [6.45, 7) is 3.77. The molecule has 0 bridgehead atoms. The molecule has 9 nitrogen and oxygen atoms in total. The molecule has 34 heavy (non-hydrogen) atoms. The third-order valence-corrected chi connectivity index (χ3v) is 6.12. The summed E-state index contributed by atoms with van der Waals surface area (Å²) in [6.07, 6.45) is 2.10. The van der Waals surface area contributed by atoms with E-state index in [9.17, 15) is 9.59 Å². The average molecular weight is 477 g/mol. The molecule has 3 aromatic heterocycles. The van der Waals surface area contributed by atoms with Crippen LogP contribution < -0.4 is 10.9 Å². The van der Waals surface area contributed by atoms with Crippen molar-refractivity contribution in [2.24, 2.45) is 0 Å². The van der Waals surface area contributed by atoms with Crippen molar-refractivity contribution in [2.75, 3.05) is 5.32 Å². The van der Waals surface area contributed by atoms with Crippen LogP contribution in [0.2, 0.25) is 5.02 Å². The third-order valence-electron chi connectivity index (χ3n) is 5.71. The number of fused-ring (bicyclic) bond motifs is 3. The minimum atomic E-state index is -0.302. The predicted molar refractivity (Wildman–Crippen MR) is 129 cm³/mol. The maximum Gasteiger partial charge on any atom is 0.278 e. The topological polar surface area (TPSA) is 108 Å². The molecule has 5 rings (SSSR count). The number of hydrogen-bond donors (Lipinski definition) is 1. The van der Waals surface area contributed by atoms with Crippen LogP contribution in [-0.4, -0.2) is 30.2 Å². The largest absolute Gasteiger partial charge is 0.337 e. The van der Waals surface area contributed by atoms with Gasteiger partial charge in [-0.05, 0) is 30.7 Å². The van der Waals surface area contributed by atoms with Crippen LogP contribution in [0.25, 0.3) is 21.9 Å². The van der Waals surface area contributed by atoms with Gasteiger partial charge in [-0.25, -0.2) is 4.98 Å². The first kappa shape index (κ1) is 21.8. The molecular weight excluding hydrogens is 456 g/mol. The normalized spacial score (nSPS) is 11.4. The summed E-state index contributed by atoms with van der Waals surface area (Å²) >= 11 is 6.19. The molecule has 0 aliphatic heterocycles. The molecule has 1 N–H and O–H groups in total. The van der Waals surface area contributed by atoms with E-state index in [1.165, 1.54) is 10.9 Å². The molecule has 1 amide bonds. The number of carbonyl (C=O) groups is 1. The molecule has 0 radical (unpaired) electrons. The smallest absolute Gasteiger partial charge is 0.278 e. The highest BCUT2D eigenvalue weighted by Crippen LogP contribution is 2.26. The quantitative estimate of drug-likeness (QED) is 0.397. The first-order valence-electron chi connectivity index (χ1n) is 10.8. The third kappa shape index (κ3) is 3.84. The zero-order chi connectivity index (χ0) is 23.8. The lowest BCUT2D eigenvalue weighted by molar-refractivity contribution is -0.116. The van der Waals surface area contributed by atoms with E-state index in [0.717, 1.165) is 16.5 Å². The molecule has 172 valence electrons. The van der Waals surface area contributed by atoms with E-state index in [4.69, 9.17) is 16.1 Å². The van der Waals surface area contributed by atoms with Crippen molar-refractivity contribution in [1.29, 1.82) is 0 Å². The van der Waals surface area contributed by atoms with Crippen molar-refractivity contribution < 1.29 is 9.32 Å². The molecule has 0 spiro atoms. The van der Waals surface area contributed by atoms with Crippen LogP contribution in [0.1, 0.15) is 24.2 Å². The Labute approximate surface area is 199 Å². The van der Waals surface area contributed by atoms with Crippen LogP contribution in [0, 0.1) is 6.92 Å². The van der Waals surface area contributed by atoms with Gasteiger partial charge in [-0.1, -0.05) is 47.9 Å². The van der Waals surface area contributed by atoms with E-state index >= 15 is 0 Å². The first-order valence-corrected chi connectivity index (χ1v) is 11.2. The second kappa shape index (κ2) is 8.75. The van der Waals surface area contributed by atoms with Crippen LogP contribution in [-0.2, 0) is 24.3 Å². The molecule has 0 saturated heterocycles. The SMILES string of the molecule is CCc1noc(Cn2cnc3c4ccccc4n(CC(=O)Nc4cccc(Cl)c4C)c3c2=O)n1. The number of benzene rings is 2. The van der Waals surface area contributed by atoms with E-state index < -0.39 is 0 Å². The van der Waals surface area contributed by atoms with Crippen LogP contribution >= 0.6 is 11.6 Å². The van der Waals surface area contributed by atoms with Gasteiger partial charge in [-0.2, -0.15) is 4.98 Å². The average Bonchev–Trinajstić information content (AvgIpc) is 3.42. The van der Waals surface area contributed by atoms with Gasteiger partial charge in [0.2, 0.25) is 11.8 Å². The molecule has 2 aromatic carbocycles. The summed E-state index contributed by atoms with van der Waals surface area (Å²) in [4.78, 5) is 35.3. The highest BCUT2D eigenvalue weighted by atomic mass is 35.5.